The zero-order valence-electron chi connectivity index (χ0n) is 25.2. The van der Waals surface area contributed by atoms with Crippen LogP contribution in [0, 0.1) is 0 Å². The van der Waals surface area contributed by atoms with Gasteiger partial charge in [0.1, 0.15) is 35.7 Å². The van der Waals surface area contributed by atoms with Crippen molar-refractivity contribution in [3.63, 3.8) is 0 Å². The highest BCUT2D eigenvalue weighted by molar-refractivity contribution is 7.91. The highest BCUT2D eigenvalue weighted by Crippen LogP contribution is 2.37. The van der Waals surface area contributed by atoms with E-state index >= 15 is 0 Å². The van der Waals surface area contributed by atoms with Crippen LogP contribution >= 0.6 is 34.8 Å². The lowest BCUT2D eigenvalue weighted by atomic mass is 10.3. The zero-order chi connectivity index (χ0) is 38.8. The Labute approximate surface area is 312 Å². The van der Waals surface area contributed by atoms with Gasteiger partial charge in [0, 0.05) is 0 Å². The number of nitrogens with zero attached hydrogens (tertiary/aromatic N) is 2. The first-order valence-electron chi connectivity index (χ1n) is 13.3. The van der Waals surface area contributed by atoms with Gasteiger partial charge in [0.25, 0.3) is 10.0 Å². The van der Waals surface area contributed by atoms with Crippen molar-refractivity contribution in [1.29, 1.82) is 0 Å². The molecule has 0 atom stereocenters. The van der Waals surface area contributed by atoms with Crippen LogP contribution in [-0.4, -0.2) is 76.9 Å². The summed E-state index contributed by atoms with van der Waals surface area (Å²) < 4.78 is 154. The molecule has 0 unspecified atom stereocenters. The number of nitrogens with two attached hydrogens (primary N) is 2. The molecule has 3 aromatic carbocycles. The van der Waals surface area contributed by atoms with Gasteiger partial charge in [-0.15, -0.1) is 4.40 Å². The van der Waals surface area contributed by atoms with Crippen molar-refractivity contribution in [2.45, 2.75) is 29.4 Å². The van der Waals surface area contributed by atoms with Crippen LogP contribution < -0.4 is 40.0 Å². The van der Waals surface area contributed by atoms with Gasteiger partial charge in [0.05, 0.1) is 52.1 Å². The summed E-state index contributed by atoms with van der Waals surface area (Å²) in [5.74, 6) is 0. The quantitative estimate of drug-likeness (QED) is 0.163. The van der Waals surface area contributed by atoms with E-state index < -0.39 is 93.1 Å². The molecule has 3 heterocycles. The lowest BCUT2D eigenvalue weighted by Crippen LogP contribution is -2.48. The number of fused-ring (bicyclic) bond motifs is 3. The number of sulfonamides is 6. The second kappa shape index (κ2) is 13.7. The van der Waals surface area contributed by atoms with Gasteiger partial charge in [-0.25, -0.2) is 52.4 Å². The molecule has 0 saturated carbocycles. The number of hydrogen-bond acceptors (Lipinski definition) is 15. The molecule has 0 saturated heterocycles. The summed E-state index contributed by atoms with van der Waals surface area (Å²) in [7, 11) is -24.9. The van der Waals surface area contributed by atoms with Gasteiger partial charge < -0.3 is 15.5 Å². The predicted octanol–water partition coefficient (Wildman–Crippen LogP) is -0.576. The summed E-state index contributed by atoms with van der Waals surface area (Å²) in [5.41, 5.74) is 0.168. The fourth-order valence-corrected chi connectivity index (χ4v) is 11.9. The highest BCUT2D eigenvalue weighted by Gasteiger charge is 2.33. The largest absolute Gasteiger partial charge is 0.370 e. The molecule has 0 spiro atoms. The third-order valence-electron chi connectivity index (χ3n) is 7.03. The summed E-state index contributed by atoms with van der Waals surface area (Å²) in [6.07, 6.45) is 0.977. The molecule has 3 aliphatic heterocycles. The Hall–Kier alpha value is -2.90. The van der Waals surface area contributed by atoms with Crippen molar-refractivity contribution < 1.29 is 50.5 Å². The van der Waals surface area contributed by atoms with Gasteiger partial charge in [0.2, 0.25) is 50.1 Å². The average molecular weight is 903 g/mol. The minimum Gasteiger partial charge on any atom is -0.370 e. The van der Waals surface area contributed by atoms with Crippen molar-refractivity contribution in [2.75, 3.05) is 35.5 Å². The Morgan fingerprint density at radius 3 is 1.85 bits per heavy atom. The molecule has 6 rings (SSSR count). The molecule has 0 radical (unpaired) electrons. The van der Waals surface area contributed by atoms with Crippen LogP contribution in [0.25, 0.3) is 0 Å². The predicted molar refractivity (Wildman–Crippen MR) is 188 cm³/mol. The van der Waals surface area contributed by atoms with E-state index in [1.807, 2.05) is 0 Å². The minimum atomic E-state index is -4.42. The second-order valence-electron chi connectivity index (χ2n) is 10.4. The summed E-state index contributed by atoms with van der Waals surface area (Å²) in [6, 6.07) is 5.88. The number of benzene rings is 3. The lowest BCUT2D eigenvalue weighted by Gasteiger charge is -2.32. The monoisotopic (exact) mass is 901 g/mol. The smallest absolute Gasteiger partial charge is 0.285 e. The molecule has 284 valence electrons. The summed E-state index contributed by atoms with van der Waals surface area (Å²) >= 11 is 17.8. The fourth-order valence-electron chi connectivity index (χ4n) is 4.62. The number of hydrogen-bond donors (Lipinski definition) is 7. The van der Waals surface area contributed by atoms with Gasteiger partial charge in [-0.05, 0) is 36.4 Å². The second-order valence-corrected chi connectivity index (χ2v) is 21.5. The summed E-state index contributed by atoms with van der Waals surface area (Å²) in [5, 5.41) is 14.5. The van der Waals surface area contributed by atoms with E-state index in [1.54, 1.807) is 0 Å². The average Bonchev–Trinajstić information content (AvgIpc) is 2.98. The highest BCUT2D eigenvalue weighted by atomic mass is 35.5. The Kier molecular flexibility index (Phi) is 10.7. The first-order valence-corrected chi connectivity index (χ1v) is 23.5. The molecule has 0 aliphatic carbocycles. The summed E-state index contributed by atoms with van der Waals surface area (Å²) in [4.78, 5) is -1.52. The third kappa shape index (κ3) is 8.11. The number of nitrogens with one attached hydrogen (secondary N) is 5. The molecule has 3 aromatic rings. The lowest BCUT2D eigenvalue weighted by molar-refractivity contribution is 0.562. The zero-order valence-corrected chi connectivity index (χ0v) is 32.4. The molecule has 52 heavy (non-hydrogen) atoms. The molecule has 0 bridgehead atoms. The van der Waals surface area contributed by atoms with Crippen LogP contribution in [0.4, 0.5) is 17.1 Å². The van der Waals surface area contributed by atoms with Gasteiger partial charge in [-0.1, -0.05) is 34.8 Å². The van der Waals surface area contributed by atoms with Gasteiger partial charge in [-0.3, -0.25) is 0 Å². The topological polar surface area (TPSA) is 333 Å². The van der Waals surface area contributed by atoms with Gasteiger partial charge in [0.15, 0.2) is 0 Å². The van der Waals surface area contributed by atoms with Crippen LogP contribution in [0.1, 0.15) is 0 Å². The third-order valence-corrected chi connectivity index (χ3v) is 15.8. The van der Waals surface area contributed by atoms with Crippen molar-refractivity contribution in [2.24, 2.45) is 14.7 Å². The van der Waals surface area contributed by atoms with Crippen LogP contribution in [0.15, 0.2) is 70.2 Å². The SMILES string of the molecule is NS(=O)(=O)c1cc2c(cc1Cl)N(CNS(=O)(=O)c1cc3c(cc1Cl)NCNS3(=O)=O)CNS2(=O)=O.NS(=O)(=O)c1cc2c(cc1Cl)NC=NS2(=O)=O. The van der Waals surface area contributed by atoms with E-state index in [1.165, 1.54) is 11.0 Å². The summed E-state index contributed by atoms with van der Waals surface area (Å²) in [6.45, 7) is -1.03. The number of halogens is 3. The van der Waals surface area contributed by atoms with Crippen LogP contribution in [0.2, 0.25) is 15.1 Å². The number of primary sulfonamides is 2. The van der Waals surface area contributed by atoms with Crippen LogP contribution in [0.3, 0.4) is 0 Å². The van der Waals surface area contributed by atoms with E-state index in [-0.39, 0.29) is 48.6 Å². The maximum Gasteiger partial charge on any atom is 0.285 e. The normalized spacial score (nSPS) is 18.4. The molecule has 0 fully saturated rings. The van der Waals surface area contributed by atoms with Crippen molar-refractivity contribution >= 4 is 118 Å². The molecule has 0 amide bonds. The van der Waals surface area contributed by atoms with Crippen molar-refractivity contribution in [1.82, 2.24) is 14.2 Å². The molecule has 21 nitrogen and oxygen atoms in total. The van der Waals surface area contributed by atoms with E-state index in [0.29, 0.717) is 0 Å². The molecule has 0 aromatic heterocycles. The molecular weight excluding hydrogens is 881 g/mol. The number of rotatable bonds is 6. The van der Waals surface area contributed by atoms with E-state index in [0.717, 1.165) is 36.7 Å². The Morgan fingerprint density at radius 2 is 1.23 bits per heavy atom. The first kappa shape index (κ1) is 40.3. The standard InChI is InChI=1S/C15H16Cl2N6O8S4.C7H6ClN3O4S2/c16-8-1-10-14(34(28,29)20-5-19-10)4-13(8)33(26,27)21-6-23-7-22-35(30,31)15-3-12(32(18,24)25)9(17)2-11(15)23;8-4-1-5-7(2-6(4)16(9,12)13)17(14,15)11-3-10-5/h1-4,19-22H,5-7H2,(H2,18,24,25);1-3H,(H,10,11)(H2,9,12,13). The molecule has 3 aliphatic rings. The Bertz CT molecular complexity index is 2750. The van der Waals surface area contributed by atoms with Gasteiger partial charge in [-0.2, -0.15) is 22.6 Å². The number of anilines is 3. The van der Waals surface area contributed by atoms with E-state index in [9.17, 15) is 50.5 Å². The van der Waals surface area contributed by atoms with Crippen LogP contribution in [-0.2, 0) is 60.1 Å². The minimum absolute atomic E-state index is 0.101. The Morgan fingerprint density at radius 1 is 0.712 bits per heavy atom. The first-order chi connectivity index (χ1) is 23.7. The fraction of sp³-hybridized carbons (Fsp3) is 0.136. The molecule has 9 N–H and O–H groups in total. The molecule has 30 heteroatoms. The van der Waals surface area contributed by atoms with Crippen molar-refractivity contribution in [3.05, 3.63) is 51.5 Å². The van der Waals surface area contributed by atoms with E-state index in [4.69, 9.17) is 45.1 Å². The maximum atomic E-state index is 13.0. The van der Waals surface area contributed by atoms with E-state index in [2.05, 4.69) is 29.2 Å². The molecular formula is C22H22Cl3N9O12S6. The van der Waals surface area contributed by atoms with Gasteiger partial charge >= 0.3 is 0 Å². The van der Waals surface area contributed by atoms with Crippen LogP contribution in [0.5, 0.6) is 0 Å². The Balaban J connectivity index is 0.000000257. The van der Waals surface area contributed by atoms with Crippen molar-refractivity contribution in [3.8, 4) is 0 Å². The maximum absolute atomic E-state index is 13.0.